The summed E-state index contributed by atoms with van der Waals surface area (Å²) >= 11 is 0. The Bertz CT molecular complexity index is 848. The predicted octanol–water partition coefficient (Wildman–Crippen LogP) is 0.998. The summed E-state index contributed by atoms with van der Waals surface area (Å²) < 4.78 is 24.8. The molecule has 1 amide bonds. The summed E-state index contributed by atoms with van der Waals surface area (Å²) in [7, 11) is -2.99. The van der Waals surface area contributed by atoms with Gasteiger partial charge in [-0.3, -0.25) is 9.69 Å². The maximum Gasteiger partial charge on any atom is 0.234 e. The molecular formula is C18H24N4O3S. The van der Waals surface area contributed by atoms with Crippen LogP contribution < -0.4 is 5.32 Å². The molecule has 1 aliphatic rings. The van der Waals surface area contributed by atoms with Crippen molar-refractivity contribution < 1.29 is 13.2 Å². The van der Waals surface area contributed by atoms with Crippen LogP contribution in [0.25, 0.3) is 5.69 Å². The summed E-state index contributed by atoms with van der Waals surface area (Å²) in [4.78, 5) is 14.2. The number of carbonyl (C=O) groups is 1. The minimum atomic E-state index is -2.99. The predicted molar refractivity (Wildman–Crippen MR) is 99.7 cm³/mol. The van der Waals surface area contributed by atoms with Gasteiger partial charge in [0.25, 0.3) is 0 Å². The van der Waals surface area contributed by atoms with E-state index >= 15 is 0 Å². The Morgan fingerprint density at radius 2 is 2.12 bits per heavy atom. The Labute approximate surface area is 153 Å². The van der Waals surface area contributed by atoms with Gasteiger partial charge in [-0.05, 0) is 25.1 Å². The highest BCUT2D eigenvalue weighted by Gasteiger charge is 2.29. The number of sulfone groups is 1. The second-order valence-corrected chi connectivity index (χ2v) is 8.83. The first-order valence-corrected chi connectivity index (χ1v) is 10.6. The molecule has 1 aliphatic heterocycles. The summed E-state index contributed by atoms with van der Waals surface area (Å²) in [5.74, 6) is 0.0763. The number of hydrogen-bond acceptors (Lipinski definition) is 5. The van der Waals surface area contributed by atoms with Gasteiger partial charge in [0.05, 0.1) is 29.9 Å². The van der Waals surface area contributed by atoms with Crippen LogP contribution in [0.15, 0.2) is 42.7 Å². The SMILES string of the molecule is CCN(CC(=O)N[C@H]1CCS(=O)(=O)C1)Cc1cnn(-c2ccccc2)c1. The van der Waals surface area contributed by atoms with Gasteiger partial charge in [-0.2, -0.15) is 5.10 Å². The monoisotopic (exact) mass is 376 g/mol. The maximum absolute atomic E-state index is 12.2. The van der Waals surface area contributed by atoms with E-state index in [1.54, 1.807) is 6.20 Å². The minimum absolute atomic E-state index is 0.0503. The number of carbonyl (C=O) groups excluding carboxylic acids is 1. The molecule has 1 aromatic heterocycles. The minimum Gasteiger partial charge on any atom is -0.351 e. The Morgan fingerprint density at radius 3 is 2.77 bits per heavy atom. The van der Waals surface area contributed by atoms with Crippen LogP contribution in [-0.4, -0.2) is 59.6 Å². The number of likely N-dealkylation sites (N-methyl/N-ethyl adjacent to an activating group) is 1. The number of rotatable bonds is 7. The molecule has 0 aliphatic carbocycles. The van der Waals surface area contributed by atoms with Gasteiger partial charge in [0, 0.05) is 24.3 Å². The van der Waals surface area contributed by atoms with Crippen LogP contribution in [0.5, 0.6) is 0 Å². The normalized spacial score (nSPS) is 18.9. The first-order valence-electron chi connectivity index (χ1n) is 8.76. The molecule has 1 aromatic carbocycles. The Morgan fingerprint density at radius 1 is 1.35 bits per heavy atom. The van der Waals surface area contributed by atoms with E-state index < -0.39 is 9.84 Å². The molecule has 2 heterocycles. The Hall–Kier alpha value is -2.19. The Kier molecular flexibility index (Phi) is 5.73. The lowest BCUT2D eigenvalue weighted by Gasteiger charge is -2.20. The highest BCUT2D eigenvalue weighted by molar-refractivity contribution is 7.91. The van der Waals surface area contributed by atoms with Crippen molar-refractivity contribution in [3.05, 3.63) is 48.3 Å². The van der Waals surface area contributed by atoms with Crippen molar-refractivity contribution in [2.75, 3.05) is 24.6 Å². The highest BCUT2D eigenvalue weighted by atomic mass is 32.2. The van der Waals surface area contributed by atoms with Gasteiger partial charge >= 0.3 is 0 Å². The van der Waals surface area contributed by atoms with Gasteiger partial charge in [-0.25, -0.2) is 13.1 Å². The molecule has 26 heavy (non-hydrogen) atoms. The van der Waals surface area contributed by atoms with E-state index in [0.29, 0.717) is 19.5 Å². The molecule has 1 saturated heterocycles. The van der Waals surface area contributed by atoms with Crippen molar-refractivity contribution in [2.24, 2.45) is 0 Å². The third-order valence-electron chi connectivity index (χ3n) is 4.47. The van der Waals surface area contributed by atoms with Crippen LogP contribution in [0.4, 0.5) is 0 Å². The average molecular weight is 376 g/mol. The molecule has 0 bridgehead atoms. The number of benzene rings is 1. The molecule has 0 radical (unpaired) electrons. The summed E-state index contributed by atoms with van der Waals surface area (Å²) in [6.45, 7) is 3.56. The van der Waals surface area contributed by atoms with Gasteiger partial charge in [-0.15, -0.1) is 0 Å². The van der Waals surface area contributed by atoms with Gasteiger partial charge in [-0.1, -0.05) is 25.1 Å². The quantitative estimate of drug-likeness (QED) is 0.779. The smallest absolute Gasteiger partial charge is 0.234 e. The fourth-order valence-electron chi connectivity index (χ4n) is 3.09. The number of aromatic nitrogens is 2. The van der Waals surface area contributed by atoms with Gasteiger partial charge in [0.2, 0.25) is 5.91 Å². The third-order valence-corrected chi connectivity index (χ3v) is 6.24. The molecule has 2 aromatic rings. The molecule has 0 saturated carbocycles. The number of nitrogens with one attached hydrogen (secondary N) is 1. The fraction of sp³-hybridized carbons (Fsp3) is 0.444. The number of amides is 1. The zero-order valence-corrected chi connectivity index (χ0v) is 15.7. The molecule has 1 fully saturated rings. The van der Waals surface area contributed by atoms with Crippen molar-refractivity contribution in [1.82, 2.24) is 20.0 Å². The first kappa shape index (κ1) is 18.6. The molecule has 0 spiro atoms. The van der Waals surface area contributed by atoms with E-state index in [0.717, 1.165) is 11.3 Å². The van der Waals surface area contributed by atoms with Gasteiger partial charge in [0.1, 0.15) is 0 Å². The van der Waals surface area contributed by atoms with Crippen LogP contribution in [0.1, 0.15) is 18.9 Å². The van der Waals surface area contributed by atoms with E-state index in [-0.39, 0.29) is 30.0 Å². The molecular weight excluding hydrogens is 352 g/mol. The topological polar surface area (TPSA) is 84.3 Å². The lowest BCUT2D eigenvalue weighted by molar-refractivity contribution is -0.122. The second kappa shape index (κ2) is 8.01. The largest absolute Gasteiger partial charge is 0.351 e. The summed E-state index contributed by atoms with van der Waals surface area (Å²) in [5, 5.41) is 7.21. The lowest BCUT2D eigenvalue weighted by atomic mass is 10.2. The van der Waals surface area contributed by atoms with Gasteiger partial charge in [0.15, 0.2) is 9.84 Å². The summed E-state index contributed by atoms with van der Waals surface area (Å²) in [5.41, 5.74) is 2.01. The molecule has 8 heteroatoms. The second-order valence-electron chi connectivity index (χ2n) is 6.60. The summed E-state index contributed by atoms with van der Waals surface area (Å²) in [6, 6.07) is 9.59. The summed E-state index contributed by atoms with van der Waals surface area (Å²) in [6.07, 6.45) is 4.26. The van der Waals surface area contributed by atoms with E-state index in [4.69, 9.17) is 0 Å². The van der Waals surface area contributed by atoms with E-state index in [2.05, 4.69) is 10.4 Å². The zero-order valence-electron chi connectivity index (χ0n) is 14.8. The number of para-hydroxylation sites is 1. The molecule has 1 N–H and O–H groups in total. The average Bonchev–Trinajstić information content (AvgIpc) is 3.21. The van der Waals surface area contributed by atoms with Crippen LogP contribution in [0.3, 0.4) is 0 Å². The zero-order chi connectivity index (χ0) is 18.6. The molecule has 140 valence electrons. The first-order chi connectivity index (χ1) is 12.4. The lowest BCUT2D eigenvalue weighted by Crippen LogP contribution is -2.42. The number of hydrogen-bond donors (Lipinski definition) is 1. The van der Waals surface area contributed by atoms with Crippen molar-refractivity contribution in [3.8, 4) is 5.69 Å². The van der Waals surface area contributed by atoms with E-state index in [1.165, 1.54) is 0 Å². The van der Waals surface area contributed by atoms with Crippen molar-refractivity contribution >= 4 is 15.7 Å². The van der Waals surface area contributed by atoms with Crippen LogP contribution >= 0.6 is 0 Å². The van der Waals surface area contributed by atoms with Gasteiger partial charge < -0.3 is 5.32 Å². The third kappa shape index (κ3) is 4.92. The fourth-order valence-corrected chi connectivity index (χ4v) is 4.76. The maximum atomic E-state index is 12.2. The van der Waals surface area contributed by atoms with Crippen molar-refractivity contribution in [3.63, 3.8) is 0 Å². The van der Waals surface area contributed by atoms with Crippen LogP contribution in [0, 0.1) is 0 Å². The van der Waals surface area contributed by atoms with Crippen molar-refractivity contribution in [1.29, 1.82) is 0 Å². The molecule has 7 nitrogen and oxygen atoms in total. The Balaban J connectivity index is 1.55. The highest BCUT2D eigenvalue weighted by Crippen LogP contribution is 2.12. The van der Waals surface area contributed by atoms with Crippen molar-refractivity contribution in [2.45, 2.75) is 25.9 Å². The molecule has 0 unspecified atom stereocenters. The molecule has 3 rings (SSSR count). The number of nitrogens with zero attached hydrogens (tertiary/aromatic N) is 3. The van der Waals surface area contributed by atoms with Crippen LogP contribution in [-0.2, 0) is 21.2 Å². The van der Waals surface area contributed by atoms with E-state index in [9.17, 15) is 13.2 Å². The van der Waals surface area contributed by atoms with E-state index in [1.807, 2.05) is 53.0 Å². The molecule has 1 atom stereocenters. The standard InChI is InChI=1S/C18H24N4O3S/c1-2-21(13-18(23)20-16-8-9-26(24,25)14-16)11-15-10-19-22(12-15)17-6-4-3-5-7-17/h3-7,10,12,16H,2,8-9,11,13-14H2,1H3,(H,20,23)/t16-/m0/s1. The van der Waals surface area contributed by atoms with Crippen LogP contribution in [0.2, 0.25) is 0 Å².